The lowest BCUT2D eigenvalue weighted by Gasteiger charge is -2.16. The predicted octanol–water partition coefficient (Wildman–Crippen LogP) is 0.951. The Morgan fingerprint density at radius 3 is 2.53 bits per heavy atom. The second-order valence-electron chi connectivity index (χ2n) is 3.90. The number of allylic oxidation sites excluding steroid dienone is 3. The zero-order chi connectivity index (χ0) is 14.6. The number of ether oxygens (including phenoxy) is 1. The van der Waals surface area contributed by atoms with Gasteiger partial charge in [0.15, 0.2) is 5.88 Å². The van der Waals surface area contributed by atoms with Gasteiger partial charge in [-0.15, -0.1) is 0 Å². The lowest BCUT2D eigenvalue weighted by Crippen LogP contribution is -2.17. The highest BCUT2D eigenvalue weighted by atomic mass is 19.3. The van der Waals surface area contributed by atoms with Crippen LogP contribution in [-0.2, 0) is 4.74 Å². The first kappa shape index (κ1) is 14.8. The van der Waals surface area contributed by atoms with Crippen molar-refractivity contribution in [3.63, 3.8) is 0 Å². The molecule has 0 fully saturated rings. The van der Waals surface area contributed by atoms with Crippen LogP contribution in [0.25, 0.3) is 0 Å². The van der Waals surface area contributed by atoms with Crippen LogP contribution in [0, 0.1) is 0 Å². The van der Waals surface area contributed by atoms with E-state index < -0.39 is 18.2 Å². The molecule has 0 radical (unpaired) electrons. The molecule has 1 unspecified atom stereocenters. The normalized spacial score (nSPS) is 15.3. The first-order chi connectivity index (χ1) is 8.86. The topological polar surface area (TPSA) is 105 Å². The first-order valence-electron chi connectivity index (χ1n) is 5.45. The molecule has 0 amide bonds. The second-order valence-corrected chi connectivity index (χ2v) is 3.90. The summed E-state index contributed by atoms with van der Waals surface area (Å²) in [4.78, 5) is 0. The van der Waals surface area contributed by atoms with Crippen molar-refractivity contribution < 1.29 is 13.5 Å². The molecule has 0 aromatic carbocycles. The third-order valence-corrected chi connectivity index (χ3v) is 2.55. The minimum absolute atomic E-state index is 0.00910. The molecule has 0 aliphatic heterocycles. The van der Waals surface area contributed by atoms with Crippen LogP contribution in [0.15, 0.2) is 35.6 Å². The number of hydrogen-bond donors (Lipinski definition) is 3. The number of aromatic nitrogens is 2. The summed E-state index contributed by atoms with van der Waals surface area (Å²) in [5, 5.41) is 3.99. The smallest absolute Gasteiger partial charge is 0.277 e. The van der Waals surface area contributed by atoms with Crippen molar-refractivity contribution in [3.05, 3.63) is 35.6 Å². The van der Waals surface area contributed by atoms with Gasteiger partial charge in [-0.2, -0.15) is 5.10 Å². The molecule has 0 saturated heterocycles. The molecule has 19 heavy (non-hydrogen) atoms. The molecule has 1 rings (SSSR count). The van der Waals surface area contributed by atoms with Crippen molar-refractivity contribution in [1.29, 1.82) is 0 Å². The van der Waals surface area contributed by atoms with Gasteiger partial charge in [0.25, 0.3) is 6.43 Å². The molecule has 1 heterocycles. The van der Waals surface area contributed by atoms with Gasteiger partial charge in [0, 0.05) is 11.8 Å². The van der Waals surface area contributed by atoms with Crippen LogP contribution in [-0.4, -0.2) is 23.3 Å². The Morgan fingerprint density at radius 2 is 2.11 bits per heavy atom. The minimum atomic E-state index is -2.77. The maximum absolute atomic E-state index is 12.5. The van der Waals surface area contributed by atoms with Gasteiger partial charge in [-0.3, -0.25) is 4.68 Å². The molecule has 8 heteroatoms. The van der Waals surface area contributed by atoms with E-state index in [1.165, 1.54) is 18.0 Å². The molecular weight excluding hydrogens is 256 g/mol. The number of anilines is 1. The Balaban J connectivity index is 3.16. The zero-order valence-electron chi connectivity index (χ0n) is 10.7. The van der Waals surface area contributed by atoms with E-state index in [2.05, 4.69) is 5.10 Å². The summed E-state index contributed by atoms with van der Waals surface area (Å²) in [5.41, 5.74) is 16.6. The molecule has 1 atom stereocenters. The van der Waals surface area contributed by atoms with Gasteiger partial charge in [-0.05, 0) is 13.0 Å². The number of methoxy groups -OCH3 is 1. The van der Waals surface area contributed by atoms with Crippen LogP contribution in [0.2, 0.25) is 0 Å². The van der Waals surface area contributed by atoms with Gasteiger partial charge in [-0.25, -0.2) is 8.78 Å². The molecular formula is C11H17F2N5O. The molecule has 1 aromatic rings. The molecule has 0 aliphatic carbocycles. The van der Waals surface area contributed by atoms with E-state index in [1.54, 1.807) is 13.1 Å². The third-order valence-electron chi connectivity index (χ3n) is 2.55. The van der Waals surface area contributed by atoms with Crippen molar-refractivity contribution in [1.82, 2.24) is 9.78 Å². The van der Waals surface area contributed by atoms with Crippen LogP contribution in [0.3, 0.4) is 0 Å². The van der Waals surface area contributed by atoms with Gasteiger partial charge in [0.1, 0.15) is 0 Å². The molecule has 1 aromatic heterocycles. The average molecular weight is 273 g/mol. The average Bonchev–Trinajstić information content (AvgIpc) is 2.80. The number of nitrogens with two attached hydrogens (primary N) is 3. The molecule has 6 nitrogen and oxygen atoms in total. The summed E-state index contributed by atoms with van der Waals surface area (Å²) in [6.45, 7) is 1.71. The molecule has 6 N–H and O–H groups in total. The summed E-state index contributed by atoms with van der Waals surface area (Å²) < 4.78 is 31.3. The first-order valence-corrected chi connectivity index (χ1v) is 5.45. The maximum Gasteiger partial charge on any atom is 0.277 e. The van der Waals surface area contributed by atoms with Crippen LogP contribution in [0.5, 0.6) is 0 Å². The molecule has 0 spiro atoms. The predicted molar refractivity (Wildman–Crippen MR) is 67.8 cm³/mol. The van der Waals surface area contributed by atoms with E-state index in [1.807, 2.05) is 0 Å². The van der Waals surface area contributed by atoms with Crippen molar-refractivity contribution in [3.8, 4) is 0 Å². The Morgan fingerprint density at radius 1 is 1.47 bits per heavy atom. The fourth-order valence-electron chi connectivity index (χ4n) is 1.47. The Hall–Kier alpha value is -2.25. The van der Waals surface area contributed by atoms with Gasteiger partial charge in [0.2, 0.25) is 0 Å². The van der Waals surface area contributed by atoms with Gasteiger partial charge >= 0.3 is 0 Å². The summed E-state index contributed by atoms with van der Waals surface area (Å²) in [5.74, 6) is -0.00910. The SMILES string of the molecule is CO/C(N)=C(/C=C(\N)C(F)F)C(C)n1cc(N)cn1. The number of nitrogen functional groups attached to an aromatic ring is 1. The lowest BCUT2D eigenvalue weighted by atomic mass is 10.1. The van der Waals surface area contributed by atoms with Crippen LogP contribution in [0.4, 0.5) is 14.5 Å². The van der Waals surface area contributed by atoms with Gasteiger partial charge < -0.3 is 21.9 Å². The largest absolute Gasteiger partial charge is 0.482 e. The van der Waals surface area contributed by atoms with E-state index in [9.17, 15) is 8.78 Å². The monoisotopic (exact) mass is 273 g/mol. The summed E-state index contributed by atoms with van der Waals surface area (Å²) in [6.07, 6.45) is 1.32. The number of hydrogen-bond acceptors (Lipinski definition) is 5. The number of rotatable bonds is 5. The summed E-state index contributed by atoms with van der Waals surface area (Å²) in [6, 6.07) is -0.449. The molecule has 106 valence electrons. The highest BCUT2D eigenvalue weighted by Gasteiger charge is 2.17. The highest BCUT2D eigenvalue weighted by molar-refractivity contribution is 5.33. The number of alkyl halides is 2. The van der Waals surface area contributed by atoms with Crippen LogP contribution < -0.4 is 17.2 Å². The number of halogens is 2. The second kappa shape index (κ2) is 6.07. The zero-order valence-corrected chi connectivity index (χ0v) is 10.7. The molecule has 0 saturated carbocycles. The maximum atomic E-state index is 12.5. The van der Waals surface area contributed by atoms with Gasteiger partial charge in [-0.1, -0.05) is 0 Å². The van der Waals surface area contributed by atoms with E-state index in [4.69, 9.17) is 21.9 Å². The van der Waals surface area contributed by atoms with Crippen molar-refractivity contribution in [2.45, 2.75) is 19.4 Å². The van der Waals surface area contributed by atoms with Crippen molar-refractivity contribution in [2.75, 3.05) is 12.8 Å². The summed E-state index contributed by atoms with van der Waals surface area (Å²) >= 11 is 0. The fraction of sp³-hybridized carbons (Fsp3) is 0.364. The highest BCUT2D eigenvalue weighted by Crippen LogP contribution is 2.22. The van der Waals surface area contributed by atoms with Crippen molar-refractivity contribution in [2.24, 2.45) is 11.5 Å². The van der Waals surface area contributed by atoms with E-state index in [-0.39, 0.29) is 5.88 Å². The van der Waals surface area contributed by atoms with E-state index in [0.717, 1.165) is 6.08 Å². The Labute approximate surface area is 109 Å². The van der Waals surface area contributed by atoms with E-state index >= 15 is 0 Å². The number of nitrogens with zero attached hydrogens (tertiary/aromatic N) is 2. The summed E-state index contributed by atoms with van der Waals surface area (Å²) in [7, 11) is 1.34. The lowest BCUT2D eigenvalue weighted by molar-refractivity contribution is 0.187. The fourth-order valence-corrected chi connectivity index (χ4v) is 1.47. The van der Waals surface area contributed by atoms with Crippen LogP contribution in [0.1, 0.15) is 13.0 Å². The third kappa shape index (κ3) is 3.60. The van der Waals surface area contributed by atoms with Crippen LogP contribution >= 0.6 is 0 Å². The standard InChI is InChI=1S/C11H17F2N5O/c1-6(18-5-7(14)4-17-18)8(11(16)19-2)3-9(15)10(12)13/h3-6,10H,14-16H2,1-2H3/b9-3-,11-8-. The van der Waals surface area contributed by atoms with E-state index in [0.29, 0.717) is 11.3 Å². The quantitative estimate of drug-likeness (QED) is 0.547. The Bertz CT molecular complexity index is 495. The minimum Gasteiger partial charge on any atom is -0.482 e. The Kier molecular flexibility index (Phi) is 4.74. The van der Waals surface area contributed by atoms with Gasteiger partial charge in [0.05, 0.1) is 30.7 Å². The van der Waals surface area contributed by atoms with Crippen molar-refractivity contribution >= 4 is 5.69 Å². The molecule has 0 bridgehead atoms. The molecule has 0 aliphatic rings.